The maximum atomic E-state index is 12.5. The van der Waals surface area contributed by atoms with Crippen LogP contribution in [0.1, 0.15) is 29.8 Å². The van der Waals surface area contributed by atoms with Gasteiger partial charge in [0.25, 0.3) is 0 Å². The average Bonchev–Trinajstić information content (AvgIpc) is 3.22. The van der Waals surface area contributed by atoms with Crippen LogP contribution in [0, 0.1) is 0 Å². The Kier molecular flexibility index (Phi) is 3.57. The molecule has 0 saturated carbocycles. The Morgan fingerprint density at radius 2 is 1.96 bits per heavy atom. The molecule has 5 heteroatoms. The van der Waals surface area contributed by atoms with E-state index in [1.165, 1.54) is 6.39 Å². The van der Waals surface area contributed by atoms with Crippen LogP contribution in [0.4, 0.5) is 0 Å². The highest BCUT2D eigenvalue weighted by Gasteiger charge is 2.32. The minimum Gasteiger partial charge on any atom is -0.483 e. The number of hydrogen-bond donors (Lipinski definition) is 0. The van der Waals surface area contributed by atoms with Crippen LogP contribution in [0.3, 0.4) is 0 Å². The summed E-state index contributed by atoms with van der Waals surface area (Å²) in [5.74, 6) is 1.33. The van der Waals surface area contributed by atoms with Crippen molar-refractivity contribution in [2.45, 2.75) is 25.9 Å². The lowest BCUT2D eigenvalue weighted by atomic mass is 10.0. The van der Waals surface area contributed by atoms with E-state index < -0.39 is 5.97 Å². The molecule has 2 heterocycles. The monoisotopic (exact) mass is 335 g/mol. The molecule has 0 fully saturated rings. The molecule has 3 aromatic rings. The number of para-hydroxylation sites is 1. The van der Waals surface area contributed by atoms with E-state index in [0.717, 1.165) is 17.5 Å². The van der Waals surface area contributed by atoms with Gasteiger partial charge in [0.1, 0.15) is 5.60 Å². The molecule has 0 radical (unpaired) electrons. The summed E-state index contributed by atoms with van der Waals surface area (Å²) in [4.78, 5) is 16.3. The lowest BCUT2D eigenvalue weighted by Gasteiger charge is -2.18. The summed E-state index contributed by atoms with van der Waals surface area (Å²) in [6.45, 7) is 4.03. The molecule has 4 rings (SSSR count). The number of hydrogen-bond acceptors (Lipinski definition) is 5. The van der Waals surface area contributed by atoms with E-state index in [0.29, 0.717) is 22.8 Å². The molecule has 0 amide bonds. The van der Waals surface area contributed by atoms with Gasteiger partial charge in [-0.25, -0.2) is 9.78 Å². The third kappa shape index (κ3) is 3.01. The Balaban J connectivity index is 1.55. The molecule has 2 aromatic carbocycles. The molecule has 0 N–H and O–H groups in total. The molecule has 1 aliphatic heterocycles. The van der Waals surface area contributed by atoms with E-state index in [1.54, 1.807) is 36.5 Å². The van der Waals surface area contributed by atoms with Crippen LogP contribution < -0.4 is 9.47 Å². The van der Waals surface area contributed by atoms with Crippen molar-refractivity contribution in [3.8, 4) is 22.8 Å². The molecule has 0 unspecified atom stereocenters. The van der Waals surface area contributed by atoms with Crippen molar-refractivity contribution in [2.24, 2.45) is 0 Å². The topological polar surface area (TPSA) is 61.6 Å². The van der Waals surface area contributed by atoms with Crippen molar-refractivity contribution in [3.63, 3.8) is 0 Å². The number of ether oxygens (including phenoxy) is 2. The predicted octanol–water partition coefficient (Wildman–Crippen LogP) is 4.27. The number of carbonyl (C=O) groups is 1. The van der Waals surface area contributed by atoms with Crippen LogP contribution in [0.15, 0.2) is 59.5 Å². The van der Waals surface area contributed by atoms with Gasteiger partial charge in [-0.2, -0.15) is 0 Å². The molecule has 5 nitrogen and oxygen atoms in total. The zero-order valence-corrected chi connectivity index (χ0v) is 14.0. The standard InChI is InChI=1S/C20H17NO4/c1-20(2)10-15-4-3-5-16(18(15)25-20)24-19(22)14-8-6-13(7-9-14)17-11-21-12-23-17/h3-9,11-12H,10H2,1-2H3. The number of rotatable bonds is 3. The van der Waals surface area contributed by atoms with Gasteiger partial charge in [-0.05, 0) is 32.0 Å². The molecule has 0 spiro atoms. The van der Waals surface area contributed by atoms with E-state index in [2.05, 4.69) is 4.98 Å². The molecular weight excluding hydrogens is 318 g/mol. The minimum absolute atomic E-state index is 0.288. The van der Waals surface area contributed by atoms with Gasteiger partial charge in [0, 0.05) is 17.5 Å². The molecule has 0 bridgehead atoms. The lowest BCUT2D eigenvalue weighted by Crippen LogP contribution is -2.24. The van der Waals surface area contributed by atoms with Crippen molar-refractivity contribution >= 4 is 5.97 Å². The van der Waals surface area contributed by atoms with Crippen LogP contribution in [0.25, 0.3) is 11.3 Å². The fourth-order valence-corrected chi connectivity index (χ4v) is 2.96. The molecular formula is C20H17NO4. The Morgan fingerprint density at radius 3 is 2.68 bits per heavy atom. The van der Waals surface area contributed by atoms with E-state index in [1.807, 2.05) is 26.0 Å². The summed E-state index contributed by atoms with van der Waals surface area (Å²) >= 11 is 0. The minimum atomic E-state index is -0.425. The third-order valence-electron chi connectivity index (χ3n) is 4.10. The van der Waals surface area contributed by atoms with Crippen molar-refractivity contribution in [3.05, 3.63) is 66.2 Å². The van der Waals surface area contributed by atoms with E-state index in [4.69, 9.17) is 13.9 Å². The normalized spacial score (nSPS) is 14.6. The molecule has 1 aromatic heterocycles. The van der Waals surface area contributed by atoms with Gasteiger partial charge in [-0.1, -0.05) is 24.3 Å². The molecule has 0 saturated heterocycles. The maximum Gasteiger partial charge on any atom is 0.343 e. The molecule has 1 aliphatic rings. The van der Waals surface area contributed by atoms with Gasteiger partial charge in [0.2, 0.25) is 0 Å². The number of oxazole rings is 1. The van der Waals surface area contributed by atoms with Gasteiger partial charge in [0.15, 0.2) is 23.7 Å². The second-order valence-electron chi connectivity index (χ2n) is 6.62. The van der Waals surface area contributed by atoms with Gasteiger partial charge in [-0.3, -0.25) is 0 Å². The largest absolute Gasteiger partial charge is 0.483 e. The molecule has 0 aliphatic carbocycles. The van der Waals surface area contributed by atoms with Crippen molar-refractivity contribution in [2.75, 3.05) is 0 Å². The van der Waals surface area contributed by atoms with Crippen molar-refractivity contribution < 1.29 is 18.7 Å². The smallest absolute Gasteiger partial charge is 0.343 e. The average molecular weight is 335 g/mol. The van der Waals surface area contributed by atoms with E-state index >= 15 is 0 Å². The van der Waals surface area contributed by atoms with Crippen LogP contribution in [-0.2, 0) is 6.42 Å². The highest BCUT2D eigenvalue weighted by Crippen LogP contribution is 2.42. The number of fused-ring (bicyclic) bond motifs is 1. The zero-order valence-electron chi connectivity index (χ0n) is 14.0. The summed E-state index contributed by atoms with van der Waals surface area (Å²) in [5.41, 5.74) is 2.07. The van der Waals surface area contributed by atoms with Gasteiger partial charge >= 0.3 is 5.97 Å². The maximum absolute atomic E-state index is 12.5. The first-order valence-electron chi connectivity index (χ1n) is 8.04. The number of esters is 1. The summed E-state index contributed by atoms with van der Waals surface area (Å²) in [5, 5.41) is 0. The van der Waals surface area contributed by atoms with E-state index in [9.17, 15) is 4.79 Å². The van der Waals surface area contributed by atoms with Crippen LogP contribution in [0.5, 0.6) is 11.5 Å². The van der Waals surface area contributed by atoms with Gasteiger partial charge in [-0.15, -0.1) is 0 Å². The zero-order chi connectivity index (χ0) is 17.4. The fraction of sp³-hybridized carbons (Fsp3) is 0.200. The second-order valence-corrected chi connectivity index (χ2v) is 6.62. The summed E-state index contributed by atoms with van der Waals surface area (Å²) in [6, 6.07) is 12.6. The second kappa shape index (κ2) is 5.77. The van der Waals surface area contributed by atoms with E-state index in [-0.39, 0.29) is 5.60 Å². The summed E-state index contributed by atoms with van der Waals surface area (Å²) in [6.07, 6.45) is 3.79. The summed E-state index contributed by atoms with van der Waals surface area (Å²) in [7, 11) is 0. The fourth-order valence-electron chi connectivity index (χ4n) is 2.96. The first-order chi connectivity index (χ1) is 12.0. The highest BCUT2D eigenvalue weighted by molar-refractivity contribution is 5.92. The predicted molar refractivity (Wildman–Crippen MR) is 91.8 cm³/mol. The first-order valence-corrected chi connectivity index (χ1v) is 8.04. The quantitative estimate of drug-likeness (QED) is 0.528. The lowest BCUT2D eigenvalue weighted by molar-refractivity contribution is 0.0716. The SMILES string of the molecule is CC1(C)Cc2cccc(OC(=O)c3ccc(-c4cnco4)cc3)c2O1. The van der Waals surface area contributed by atoms with Crippen molar-refractivity contribution in [1.82, 2.24) is 4.98 Å². The number of carbonyl (C=O) groups excluding carboxylic acids is 1. The highest BCUT2D eigenvalue weighted by atomic mass is 16.6. The van der Waals surface area contributed by atoms with Crippen LogP contribution >= 0.6 is 0 Å². The third-order valence-corrected chi connectivity index (χ3v) is 4.10. The Hall–Kier alpha value is -3.08. The molecule has 126 valence electrons. The van der Waals surface area contributed by atoms with Crippen LogP contribution in [0.2, 0.25) is 0 Å². The Morgan fingerprint density at radius 1 is 1.16 bits per heavy atom. The van der Waals surface area contributed by atoms with Crippen molar-refractivity contribution in [1.29, 1.82) is 0 Å². The Labute approximate surface area is 145 Å². The number of nitrogens with zero attached hydrogens (tertiary/aromatic N) is 1. The first kappa shape index (κ1) is 15.4. The van der Waals surface area contributed by atoms with Gasteiger partial charge < -0.3 is 13.9 Å². The number of aromatic nitrogens is 1. The summed E-state index contributed by atoms with van der Waals surface area (Å²) < 4.78 is 16.7. The molecule has 25 heavy (non-hydrogen) atoms. The number of benzene rings is 2. The molecule has 0 atom stereocenters. The van der Waals surface area contributed by atoms with Gasteiger partial charge in [0.05, 0.1) is 11.8 Å². The Bertz CT molecular complexity index is 911. The van der Waals surface area contributed by atoms with Crippen LogP contribution in [-0.4, -0.2) is 16.6 Å².